The lowest BCUT2D eigenvalue weighted by atomic mass is 10.2. The van der Waals surface area contributed by atoms with Crippen molar-refractivity contribution in [1.82, 2.24) is 21.3 Å². The highest BCUT2D eigenvalue weighted by Gasteiger charge is 2.05. The van der Waals surface area contributed by atoms with Crippen LogP contribution in [-0.4, -0.2) is 99.1 Å². The van der Waals surface area contributed by atoms with Crippen LogP contribution in [0, 0.1) is 0 Å². The van der Waals surface area contributed by atoms with Gasteiger partial charge in [-0.2, -0.15) is 0 Å². The predicted octanol–water partition coefficient (Wildman–Crippen LogP) is -2.28. The molecule has 16 heteroatoms. The number of Topliss-reactive ketones (excluding diaryl/α,β-unsaturated/α-hetero) is 4. The van der Waals surface area contributed by atoms with Crippen LogP contribution in [0.25, 0.3) is 0 Å². The second-order valence-electron chi connectivity index (χ2n) is 8.79. The zero-order valence-corrected chi connectivity index (χ0v) is 26.9. The molecule has 0 atom stereocenters. The topological polar surface area (TPSA) is 289 Å². The Balaban J connectivity index is -0.000000242. The second-order valence-corrected chi connectivity index (χ2v) is 8.79. The zero-order valence-electron chi connectivity index (χ0n) is 26.9. The SMILES string of the molecule is CCNC(=O)CCC(=O)CN.CCNC(=O)CCC(=O)CN.CCNC(=O)CCC(=O)CN.CCNC(=O)CCC(=O)CN. The normalized spacial score (nSPS) is 9.27. The summed E-state index contributed by atoms with van der Waals surface area (Å²) in [5.74, 6) is -0.646. The molecule has 0 fully saturated rings. The van der Waals surface area contributed by atoms with Crippen molar-refractivity contribution in [2.24, 2.45) is 22.9 Å². The molecule has 4 amide bonds. The van der Waals surface area contributed by atoms with Crippen LogP contribution < -0.4 is 44.2 Å². The fourth-order valence-corrected chi connectivity index (χ4v) is 2.56. The quantitative estimate of drug-likeness (QED) is 0.0704. The minimum absolute atomic E-state index is 0.0272. The van der Waals surface area contributed by atoms with Crippen molar-refractivity contribution < 1.29 is 38.4 Å². The van der Waals surface area contributed by atoms with Gasteiger partial charge in [-0.25, -0.2) is 0 Å². The third-order valence-corrected chi connectivity index (χ3v) is 4.93. The third-order valence-electron chi connectivity index (χ3n) is 4.93. The summed E-state index contributed by atoms with van der Waals surface area (Å²) in [5.41, 5.74) is 20.2. The van der Waals surface area contributed by atoms with Gasteiger partial charge in [0, 0.05) is 77.5 Å². The molecule has 0 aliphatic rings. The smallest absolute Gasteiger partial charge is 0.220 e. The molecule has 44 heavy (non-hydrogen) atoms. The summed E-state index contributed by atoms with van der Waals surface area (Å²) in [4.78, 5) is 85.5. The molecule has 16 nitrogen and oxygen atoms in total. The van der Waals surface area contributed by atoms with E-state index in [1.54, 1.807) is 0 Å². The zero-order chi connectivity index (χ0) is 34.8. The van der Waals surface area contributed by atoms with E-state index in [1.807, 2.05) is 27.7 Å². The van der Waals surface area contributed by atoms with Crippen molar-refractivity contribution in [3.63, 3.8) is 0 Å². The third kappa shape index (κ3) is 40.5. The van der Waals surface area contributed by atoms with Gasteiger partial charge in [0.05, 0.1) is 26.2 Å². The number of hydrogen-bond donors (Lipinski definition) is 8. The van der Waals surface area contributed by atoms with Crippen LogP contribution in [0.4, 0.5) is 0 Å². The van der Waals surface area contributed by atoms with Gasteiger partial charge in [0.2, 0.25) is 23.6 Å². The summed E-state index contributed by atoms with van der Waals surface area (Å²) in [6.07, 6.45) is 2.02. The maximum Gasteiger partial charge on any atom is 0.220 e. The lowest BCUT2D eigenvalue weighted by Crippen LogP contribution is -2.24. The molecule has 12 N–H and O–H groups in total. The van der Waals surface area contributed by atoms with Crippen molar-refractivity contribution in [1.29, 1.82) is 0 Å². The van der Waals surface area contributed by atoms with E-state index in [0.29, 0.717) is 26.2 Å². The highest BCUT2D eigenvalue weighted by molar-refractivity contribution is 5.87. The Morgan fingerprint density at radius 3 is 0.614 bits per heavy atom. The molecule has 0 aromatic rings. The fourth-order valence-electron chi connectivity index (χ4n) is 2.56. The lowest BCUT2D eigenvalue weighted by molar-refractivity contribution is -0.124. The highest BCUT2D eigenvalue weighted by Crippen LogP contribution is 1.91. The van der Waals surface area contributed by atoms with Gasteiger partial charge in [0.1, 0.15) is 23.1 Å². The molecule has 0 aromatic heterocycles. The van der Waals surface area contributed by atoms with Gasteiger partial charge in [-0.3, -0.25) is 38.4 Å². The minimum atomic E-state index is -0.0886. The first kappa shape index (κ1) is 47.3. The van der Waals surface area contributed by atoms with Gasteiger partial charge in [-0.15, -0.1) is 0 Å². The van der Waals surface area contributed by atoms with Crippen LogP contribution in [0.5, 0.6) is 0 Å². The molecule has 0 radical (unpaired) electrons. The summed E-state index contributed by atoms with van der Waals surface area (Å²) in [5, 5.41) is 10.4. The number of rotatable bonds is 20. The molecule has 256 valence electrons. The number of ketones is 4. The standard InChI is InChI=1S/4C7H14N2O2/c4*1-2-9-7(11)4-3-6(10)5-8/h4*2-5,8H2,1H3,(H,9,11). The van der Waals surface area contributed by atoms with Crippen LogP contribution in [0.1, 0.15) is 79.1 Å². The van der Waals surface area contributed by atoms with E-state index in [2.05, 4.69) is 21.3 Å². The Hall–Kier alpha value is -3.60. The molecule has 0 saturated carbocycles. The van der Waals surface area contributed by atoms with E-state index in [9.17, 15) is 38.4 Å². The van der Waals surface area contributed by atoms with Gasteiger partial charge in [-0.05, 0) is 27.7 Å². The van der Waals surface area contributed by atoms with E-state index in [4.69, 9.17) is 22.9 Å². The molecule has 0 rings (SSSR count). The first-order chi connectivity index (χ1) is 20.8. The molecule has 0 unspecified atom stereocenters. The van der Waals surface area contributed by atoms with Gasteiger partial charge in [-0.1, -0.05) is 0 Å². The second kappa shape index (κ2) is 35.6. The Morgan fingerprint density at radius 1 is 0.341 bits per heavy atom. The fraction of sp³-hybridized carbons (Fsp3) is 0.714. The van der Waals surface area contributed by atoms with Gasteiger partial charge >= 0.3 is 0 Å². The average Bonchev–Trinajstić information content (AvgIpc) is 3.01. The molecule has 0 bridgehead atoms. The molecule has 0 aliphatic carbocycles. The van der Waals surface area contributed by atoms with E-state index >= 15 is 0 Å². The van der Waals surface area contributed by atoms with E-state index in [-0.39, 0.29) is 124 Å². The number of amides is 4. The van der Waals surface area contributed by atoms with Crippen LogP contribution >= 0.6 is 0 Å². The van der Waals surface area contributed by atoms with Crippen LogP contribution in [0.2, 0.25) is 0 Å². The molecular weight excluding hydrogens is 576 g/mol. The van der Waals surface area contributed by atoms with E-state index in [1.165, 1.54) is 0 Å². The molecule has 0 heterocycles. The Bertz CT molecular complexity index is 718. The van der Waals surface area contributed by atoms with Crippen molar-refractivity contribution in [2.45, 2.75) is 79.1 Å². The Morgan fingerprint density at radius 2 is 0.500 bits per heavy atom. The summed E-state index contributed by atoms with van der Waals surface area (Å²) in [6, 6.07) is 0. The maximum absolute atomic E-state index is 10.8. The monoisotopic (exact) mass is 632 g/mol. The van der Waals surface area contributed by atoms with Crippen molar-refractivity contribution in [3.8, 4) is 0 Å². The Labute approximate surface area is 260 Å². The number of carbonyl (C=O) groups excluding carboxylic acids is 8. The van der Waals surface area contributed by atoms with Crippen LogP contribution in [-0.2, 0) is 38.4 Å². The molecular formula is C28H56N8O8. The first-order valence-corrected chi connectivity index (χ1v) is 14.8. The van der Waals surface area contributed by atoms with Gasteiger partial charge < -0.3 is 44.2 Å². The summed E-state index contributed by atoms with van der Waals surface area (Å²) >= 11 is 0. The van der Waals surface area contributed by atoms with Crippen LogP contribution in [0.3, 0.4) is 0 Å². The number of carbonyl (C=O) groups is 8. The largest absolute Gasteiger partial charge is 0.356 e. The lowest BCUT2D eigenvalue weighted by Gasteiger charge is -1.99. The molecule has 0 aromatic carbocycles. The predicted molar refractivity (Wildman–Crippen MR) is 168 cm³/mol. The summed E-state index contributed by atoms with van der Waals surface area (Å²) < 4.78 is 0. The highest BCUT2D eigenvalue weighted by atomic mass is 16.2. The minimum Gasteiger partial charge on any atom is -0.356 e. The summed E-state index contributed by atoms with van der Waals surface area (Å²) in [7, 11) is 0. The molecule has 0 saturated heterocycles. The maximum atomic E-state index is 10.8. The van der Waals surface area contributed by atoms with Crippen LogP contribution in [0.15, 0.2) is 0 Å². The number of nitrogens with one attached hydrogen (secondary N) is 4. The van der Waals surface area contributed by atoms with E-state index < -0.39 is 0 Å². The average molecular weight is 633 g/mol. The van der Waals surface area contributed by atoms with E-state index in [0.717, 1.165) is 0 Å². The van der Waals surface area contributed by atoms with Gasteiger partial charge in [0.25, 0.3) is 0 Å². The first-order valence-electron chi connectivity index (χ1n) is 14.8. The van der Waals surface area contributed by atoms with Crippen molar-refractivity contribution in [3.05, 3.63) is 0 Å². The van der Waals surface area contributed by atoms with Crippen molar-refractivity contribution in [2.75, 3.05) is 52.4 Å². The molecule has 0 spiro atoms. The number of hydrogen-bond acceptors (Lipinski definition) is 12. The van der Waals surface area contributed by atoms with Crippen molar-refractivity contribution >= 4 is 46.8 Å². The van der Waals surface area contributed by atoms with Gasteiger partial charge in [0.15, 0.2) is 0 Å². The summed E-state index contributed by atoms with van der Waals surface area (Å²) in [6.45, 7) is 9.88. The molecule has 0 aliphatic heterocycles. The number of nitrogens with two attached hydrogens (primary N) is 4. The Kier molecular flexibility index (Phi) is 38.3.